The van der Waals surface area contributed by atoms with Gasteiger partial charge in [-0.2, -0.15) is 0 Å². The third-order valence-corrected chi connectivity index (χ3v) is 5.12. The number of hydrogen-bond acceptors (Lipinski definition) is 1. The summed E-state index contributed by atoms with van der Waals surface area (Å²) in [6.45, 7) is 0.719. The Morgan fingerprint density at radius 3 is 2.24 bits per heavy atom. The minimum absolute atomic E-state index is 0.0229. The van der Waals surface area contributed by atoms with Crippen LogP contribution in [0.1, 0.15) is 23.5 Å². The number of carbonyl (C=O) groups excluding carboxylic acids is 1. The molecule has 1 amide bonds. The highest BCUT2D eigenvalue weighted by Crippen LogP contribution is 2.34. The number of carbonyl (C=O) groups is 1. The summed E-state index contributed by atoms with van der Waals surface area (Å²) in [6.07, 6.45) is 0.929. The van der Waals surface area contributed by atoms with Crippen LogP contribution in [0.15, 0.2) is 60.7 Å². The topological polar surface area (TPSA) is 20.3 Å². The lowest BCUT2D eigenvalue weighted by Crippen LogP contribution is -2.34. The average molecular weight is 391 g/mol. The van der Waals surface area contributed by atoms with Crippen LogP contribution in [-0.4, -0.2) is 21.3 Å². The monoisotopic (exact) mass is 391 g/mol. The van der Waals surface area contributed by atoms with Crippen LogP contribution in [0.3, 0.4) is 0 Å². The van der Waals surface area contributed by atoms with Crippen molar-refractivity contribution in [1.29, 1.82) is 0 Å². The SMILES string of the molecule is O=C1[C@@H](c2ccccc2)C[C@H](CI)N1Cc1ccccc1. The zero-order valence-corrected chi connectivity index (χ0v) is 13.9. The predicted molar refractivity (Wildman–Crippen MR) is 93.5 cm³/mol. The molecule has 0 aromatic heterocycles. The van der Waals surface area contributed by atoms with Crippen molar-refractivity contribution < 1.29 is 4.79 Å². The molecule has 0 N–H and O–H groups in total. The van der Waals surface area contributed by atoms with E-state index in [2.05, 4.69) is 51.8 Å². The molecule has 2 aromatic rings. The van der Waals surface area contributed by atoms with E-state index in [0.717, 1.165) is 23.0 Å². The van der Waals surface area contributed by atoms with Crippen molar-refractivity contribution >= 4 is 28.5 Å². The van der Waals surface area contributed by atoms with Crippen molar-refractivity contribution in [3.05, 3.63) is 71.8 Å². The van der Waals surface area contributed by atoms with Gasteiger partial charge in [0.25, 0.3) is 0 Å². The van der Waals surface area contributed by atoms with Crippen LogP contribution in [-0.2, 0) is 11.3 Å². The van der Waals surface area contributed by atoms with Crippen LogP contribution >= 0.6 is 22.6 Å². The molecule has 0 bridgehead atoms. The number of likely N-dealkylation sites (tertiary alicyclic amines) is 1. The summed E-state index contributed by atoms with van der Waals surface area (Å²) in [5, 5.41) is 0. The first-order chi connectivity index (χ1) is 10.3. The van der Waals surface area contributed by atoms with Gasteiger partial charge < -0.3 is 4.90 Å². The minimum Gasteiger partial charge on any atom is -0.334 e. The summed E-state index contributed by atoms with van der Waals surface area (Å²) in [5.41, 5.74) is 2.35. The van der Waals surface area contributed by atoms with Gasteiger partial charge in [0.15, 0.2) is 0 Å². The smallest absolute Gasteiger partial charge is 0.230 e. The van der Waals surface area contributed by atoms with Crippen LogP contribution in [0, 0.1) is 0 Å². The van der Waals surface area contributed by atoms with Gasteiger partial charge in [0.1, 0.15) is 0 Å². The molecule has 2 atom stereocenters. The Morgan fingerprint density at radius 1 is 1.00 bits per heavy atom. The van der Waals surface area contributed by atoms with E-state index in [-0.39, 0.29) is 11.8 Å². The van der Waals surface area contributed by atoms with Gasteiger partial charge in [-0.1, -0.05) is 83.3 Å². The zero-order chi connectivity index (χ0) is 14.7. The molecule has 2 nitrogen and oxygen atoms in total. The Labute approximate surface area is 139 Å². The molecular formula is C18H18INO. The third-order valence-electron chi connectivity index (χ3n) is 4.11. The van der Waals surface area contributed by atoms with Gasteiger partial charge in [0.05, 0.1) is 5.92 Å². The second-order valence-corrected chi connectivity index (χ2v) is 6.34. The summed E-state index contributed by atoms with van der Waals surface area (Å²) < 4.78 is 0.986. The number of nitrogens with zero attached hydrogens (tertiary/aromatic N) is 1. The first kappa shape index (κ1) is 14.6. The molecule has 0 radical (unpaired) electrons. The number of benzene rings is 2. The molecule has 0 aliphatic carbocycles. The van der Waals surface area contributed by atoms with Crippen LogP contribution in [0.5, 0.6) is 0 Å². The van der Waals surface area contributed by atoms with Gasteiger partial charge in [-0.25, -0.2) is 0 Å². The Balaban J connectivity index is 1.82. The molecule has 1 heterocycles. The Bertz CT molecular complexity index is 599. The number of rotatable bonds is 4. The normalized spacial score (nSPS) is 21.8. The molecule has 1 aliphatic heterocycles. The zero-order valence-electron chi connectivity index (χ0n) is 11.8. The van der Waals surface area contributed by atoms with Crippen LogP contribution in [0.2, 0.25) is 0 Å². The standard InChI is InChI=1S/C18H18INO/c19-12-16-11-17(15-9-5-2-6-10-15)18(21)20(16)13-14-7-3-1-4-8-14/h1-10,16-17H,11-13H2/t16-,17-/m1/s1. The van der Waals surface area contributed by atoms with E-state index in [9.17, 15) is 4.79 Å². The lowest BCUT2D eigenvalue weighted by Gasteiger charge is -2.23. The van der Waals surface area contributed by atoms with Gasteiger partial charge >= 0.3 is 0 Å². The maximum atomic E-state index is 12.8. The fourth-order valence-electron chi connectivity index (χ4n) is 2.98. The van der Waals surface area contributed by atoms with Gasteiger partial charge in [-0.3, -0.25) is 4.79 Å². The fourth-order valence-corrected chi connectivity index (χ4v) is 3.81. The molecule has 0 unspecified atom stereocenters. The van der Waals surface area contributed by atoms with Gasteiger partial charge in [0.2, 0.25) is 5.91 Å². The highest BCUT2D eigenvalue weighted by Gasteiger charge is 2.39. The largest absolute Gasteiger partial charge is 0.334 e. The summed E-state index contributed by atoms with van der Waals surface area (Å²) in [7, 11) is 0. The highest BCUT2D eigenvalue weighted by atomic mass is 127. The lowest BCUT2D eigenvalue weighted by molar-refractivity contribution is -0.130. The van der Waals surface area contributed by atoms with Gasteiger partial charge in [-0.05, 0) is 17.5 Å². The molecule has 1 aliphatic rings. The Hall–Kier alpha value is -1.36. The number of hydrogen-bond donors (Lipinski definition) is 0. The first-order valence-electron chi connectivity index (χ1n) is 7.25. The Kier molecular flexibility index (Phi) is 4.58. The maximum Gasteiger partial charge on any atom is 0.230 e. The van der Waals surface area contributed by atoms with Crippen molar-refractivity contribution in [3.8, 4) is 0 Å². The summed E-state index contributed by atoms with van der Waals surface area (Å²) in [5.74, 6) is 0.293. The molecule has 108 valence electrons. The molecule has 1 saturated heterocycles. The second kappa shape index (κ2) is 6.60. The van der Waals surface area contributed by atoms with Crippen molar-refractivity contribution in [2.75, 3.05) is 4.43 Å². The molecule has 0 spiro atoms. The Morgan fingerprint density at radius 2 is 1.62 bits per heavy atom. The average Bonchev–Trinajstić information content (AvgIpc) is 2.86. The fraction of sp³-hybridized carbons (Fsp3) is 0.278. The van der Waals surface area contributed by atoms with E-state index in [1.165, 1.54) is 5.56 Å². The number of halogens is 1. The molecule has 0 saturated carbocycles. The molecule has 3 heteroatoms. The van der Waals surface area contributed by atoms with E-state index in [1.807, 2.05) is 36.4 Å². The predicted octanol–water partition coefficient (Wildman–Crippen LogP) is 4.01. The summed E-state index contributed by atoms with van der Waals surface area (Å²) in [6, 6.07) is 20.8. The van der Waals surface area contributed by atoms with E-state index in [4.69, 9.17) is 0 Å². The molecule has 2 aromatic carbocycles. The second-order valence-electron chi connectivity index (χ2n) is 5.46. The van der Waals surface area contributed by atoms with Crippen LogP contribution in [0.4, 0.5) is 0 Å². The molecule has 1 fully saturated rings. The third kappa shape index (κ3) is 3.12. The quantitative estimate of drug-likeness (QED) is 0.570. The minimum atomic E-state index is 0.0229. The summed E-state index contributed by atoms with van der Waals surface area (Å²) >= 11 is 2.39. The van der Waals surface area contributed by atoms with E-state index >= 15 is 0 Å². The van der Waals surface area contributed by atoms with E-state index in [1.54, 1.807) is 0 Å². The molecule has 3 rings (SSSR count). The van der Waals surface area contributed by atoms with E-state index < -0.39 is 0 Å². The van der Waals surface area contributed by atoms with Gasteiger partial charge in [0, 0.05) is 17.0 Å². The highest BCUT2D eigenvalue weighted by molar-refractivity contribution is 14.1. The van der Waals surface area contributed by atoms with E-state index in [0.29, 0.717) is 6.04 Å². The van der Waals surface area contributed by atoms with Crippen LogP contribution < -0.4 is 0 Å². The van der Waals surface area contributed by atoms with Crippen molar-refractivity contribution in [3.63, 3.8) is 0 Å². The van der Waals surface area contributed by atoms with Gasteiger partial charge in [-0.15, -0.1) is 0 Å². The van der Waals surface area contributed by atoms with Crippen LogP contribution in [0.25, 0.3) is 0 Å². The number of alkyl halides is 1. The number of amides is 1. The molecule has 21 heavy (non-hydrogen) atoms. The maximum absolute atomic E-state index is 12.8. The van der Waals surface area contributed by atoms with Crippen molar-refractivity contribution in [1.82, 2.24) is 4.90 Å². The molecular weight excluding hydrogens is 373 g/mol. The lowest BCUT2D eigenvalue weighted by atomic mass is 9.96. The summed E-state index contributed by atoms with van der Waals surface area (Å²) in [4.78, 5) is 14.9. The van der Waals surface area contributed by atoms with Crippen molar-refractivity contribution in [2.45, 2.75) is 24.9 Å². The van der Waals surface area contributed by atoms with Crippen molar-refractivity contribution in [2.24, 2.45) is 0 Å². The first-order valence-corrected chi connectivity index (χ1v) is 8.77.